The number of thiol groups is 1. The van der Waals surface area contributed by atoms with Gasteiger partial charge in [-0.1, -0.05) is 55.5 Å². The van der Waals surface area contributed by atoms with Gasteiger partial charge in [0.1, 0.15) is 24.2 Å². The molecule has 10 heteroatoms. The van der Waals surface area contributed by atoms with Gasteiger partial charge in [0.15, 0.2) is 4.93 Å². The molecule has 0 fully saturated rings. The number of carbonyl (C=O) groups excluding carboxylic acids is 2. The predicted molar refractivity (Wildman–Crippen MR) is 149 cm³/mol. The van der Waals surface area contributed by atoms with E-state index < -0.39 is 33.6 Å². The van der Waals surface area contributed by atoms with Crippen molar-refractivity contribution < 1.29 is 28.7 Å². The van der Waals surface area contributed by atoms with Crippen LogP contribution in [0, 0.1) is 16.0 Å². The van der Waals surface area contributed by atoms with E-state index in [1.807, 2.05) is 30.3 Å². The van der Waals surface area contributed by atoms with Gasteiger partial charge in [-0.2, -0.15) is 0 Å². The fourth-order valence-electron chi connectivity index (χ4n) is 4.70. The normalized spacial score (nSPS) is 17.5. The van der Waals surface area contributed by atoms with Crippen molar-refractivity contribution in [3.63, 3.8) is 0 Å². The lowest BCUT2D eigenvalue weighted by molar-refractivity contribution is -0.431. The van der Waals surface area contributed by atoms with Crippen LogP contribution in [0.25, 0.3) is 0 Å². The first-order valence-electron chi connectivity index (χ1n) is 12.7. The van der Waals surface area contributed by atoms with Crippen molar-refractivity contribution in [3.8, 4) is 5.75 Å². The van der Waals surface area contributed by atoms with Gasteiger partial charge in [0, 0.05) is 11.3 Å². The number of esters is 2. The van der Waals surface area contributed by atoms with E-state index in [0.29, 0.717) is 29.1 Å². The van der Waals surface area contributed by atoms with Crippen LogP contribution in [-0.4, -0.2) is 28.4 Å². The van der Waals surface area contributed by atoms with Crippen molar-refractivity contribution in [2.45, 2.75) is 58.5 Å². The van der Waals surface area contributed by atoms with Crippen LogP contribution in [0.1, 0.15) is 58.1 Å². The number of ether oxygens (including phenoxy) is 3. The molecule has 0 saturated carbocycles. The predicted octanol–water partition coefficient (Wildman–Crippen LogP) is 5.51. The molecule has 1 aliphatic heterocycles. The molecule has 2 aromatic rings. The highest BCUT2D eigenvalue weighted by Crippen LogP contribution is 2.43. The van der Waals surface area contributed by atoms with E-state index in [0.717, 1.165) is 5.56 Å². The smallest absolute Gasteiger partial charge is 0.338 e. The third-order valence-corrected chi connectivity index (χ3v) is 6.94. The van der Waals surface area contributed by atoms with E-state index in [9.17, 15) is 19.7 Å². The molecule has 0 radical (unpaired) electrons. The topological polar surface area (TPSA) is 117 Å². The third kappa shape index (κ3) is 6.81. The second-order valence-corrected chi connectivity index (χ2v) is 10.2. The molecule has 0 saturated heterocycles. The molecule has 208 valence electrons. The first-order valence-corrected chi connectivity index (χ1v) is 13.2. The van der Waals surface area contributed by atoms with E-state index in [2.05, 4.69) is 17.9 Å². The van der Waals surface area contributed by atoms with Crippen LogP contribution in [0.4, 0.5) is 0 Å². The summed E-state index contributed by atoms with van der Waals surface area (Å²) in [6.07, 6.45) is 0.307. The van der Waals surface area contributed by atoms with Gasteiger partial charge < -0.3 is 19.5 Å². The lowest BCUT2D eigenvalue weighted by atomic mass is 9.83. The van der Waals surface area contributed by atoms with Crippen LogP contribution in [0.5, 0.6) is 5.75 Å². The summed E-state index contributed by atoms with van der Waals surface area (Å²) in [5.74, 6) is -2.95. The minimum Gasteiger partial charge on any atom is -0.489 e. The molecule has 0 spiro atoms. The van der Waals surface area contributed by atoms with Crippen LogP contribution in [0.2, 0.25) is 0 Å². The summed E-state index contributed by atoms with van der Waals surface area (Å²) in [6.45, 7) is 8.58. The molecule has 1 aliphatic rings. The Kier molecular flexibility index (Phi) is 9.80. The zero-order chi connectivity index (χ0) is 28.7. The second-order valence-electron chi connectivity index (χ2n) is 9.33. The fraction of sp³-hybridized carbons (Fsp3) is 0.379. The number of allylic oxidation sites excluding steroid dienone is 3. The average molecular weight is 555 g/mol. The Balaban J connectivity index is 2.05. The fourth-order valence-corrected chi connectivity index (χ4v) is 5.08. The summed E-state index contributed by atoms with van der Waals surface area (Å²) >= 11 is 4.52. The molecule has 3 unspecified atom stereocenters. The Hall–Kier alpha value is -3.79. The number of para-hydroxylation sites is 1. The molecule has 1 heterocycles. The molecule has 2 aromatic carbocycles. The standard InChI is InChI=1S/C29H34N2O7S/c1-6-22(27(32)36-7-2)29(5,39)38-28(33)24-18(3)30-19(4)26(31(34)35)25(24)21-15-11-12-16-23(21)37-17-20-13-9-8-10-14-20/h8-16,22,25,30,39H,6-7,17H2,1-5H3. The lowest BCUT2D eigenvalue weighted by Crippen LogP contribution is -2.41. The van der Waals surface area contributed by atoms with Crippen molar-refractivity contribution in [1.82, 2.24) is 5.32 Å². The zero-order valence-electron chi connectivity index (χ0n) is 22.7. The van der Waals surface area contributed by atoms with Crippen molar-refractivity contribution in [3.05, 3.63) is 98.5 Å². The van der Waals surface area contributed by atoms with Crippen LogP contribution in [0.3, 0.4) is 0 Å². The number of hydrogen-bond donors (Lipinski definition) is 2. The number of nitrogens with one attached hydrogen (secondary N) is 1. The van der Waals surface area contributed by atoms with Crippen molar-refractivity contribution >= 4 is 24.6 Å². The lowest BCUT2D eigenvalue weighted by Gasteiger charge is -2.33. The second kappa shape index (κ2) is 12.8. The quantitative estimate of drug-likeness (QED) is 0.123. The summed E-state index contributed by atoms with van der Waals surface area (Å²) in [4.78, 5) is 36.6. The van der Waals surface area contributed by atoms with E-state index in [1.54, 1.807) is 52.0 Å². The number of rotatable bonds is 11. The van der Waals surface area contributed by atoms with Crippen LogP contribution >= 0.6 is 12.6 Å². The van der Waals surface area contributed by atoms with Crippen molar-refractivity contribution in [2.24, 2.45) is 5.92 Å². The van der Waals surface area contributed by atoms with Gasteiger partial charge in [-0.3, -0.25) is 14.9 Å². The van der Waals surface area contributed by atoms with Crippen molar-refractivity contribution in [2.75, 3.05) is 6.61 Å². The number of hydrogen-bond acceptors (Lipinski definition) is 9. The monoisotopic (exact) mass is 554 g/mol. The molecule has 0 bridgehead atoms. The van der Waals surface area contributed by atoms with Gasteiger partial charge in [0.25, 0.3) is 5.70 Å². The molecule has 3 rings (SSSR count). The first kappa shape index (κ1) is 29.8. The largest absolute Gasteiger partial charge is 0.489 e. The Morgan fingerprint density at radius 3 is 2.33 bits per heavy atom. The number of carbonyl (C=O) groups is 2. The Labute approximate surface area is 233 Å². The minimum atomic E-state index is -1.54. The first-order chi connectivity index (χ1) is 18.5. The summed E-state index contributed by atoms with van der Waals surface area (Å²) in [5, 5.41) is 15.3. The summed E-state index contributed by atoms with van der Waals surface area (Å²) in [7, 11) is 0. The highest BCUT2D eigenvalue weighted by Gasteiger charge is 2.46. The van der Waals surface area contributed by atoms with Gasteiger partial charge >= 0.3 is 11.9 Å². The van der Waals surface area contributed by atoms with E-state index in [1.165, 1.54) is 6.92 Å². The van der Waals surface area contributed by atoms with Crippen LogP contribution < -0.4 is 10.1 Å². The maximum Gasteiger partial charge on any atom is 0.338 e. The highest BCUT2D eigenvalue weighted by atomic mass is 32.1. The molecule has 1 N–H and O–H groups in total. The summed E-state index contributed by atoms with van der Waals surface area (Å²) in [5.41, 5.74) is 1.86. The van der Waals surface area contributed by atoms with Crippen LogP contribution in [0.15, 0.2) is 77.3 Å². The van der Waals surface area contributed by atoms with E-state index in [4.69, 9.17) is 14.2 Å². The van der Waals surface area contributed by atoms with Gasteiger partial charge in [-0.25, -0.2) is 4.79 Å². The van der Waals surface area contributed by atoms with Crippen LogP contribution in [-0.2, 0) is 25.7 Å². The number of nitrogens with zero attached hydrogens (tertiary/aromatic N) is 1. The van der Waals surface area contributed by atoms with E-state index >= 15 is 0 Å². The number of nitro groups is 1. The number of dihydropyridines is 1. The highest BCUT2D eigenvalue weighted by molar-refractivity contribution is 7.81. The third-order valence-electron chi connectivity index (χ3n) is 6.53. The summed E-state index contributed by atoms with van der Waals surface area (Å²) in [6, 6.07) is 16.4. The molecule has 3 atom stereocenters. The summed E-state index contributed by atoms with van der Waals surface area (Å²) < 4.78 is 17.0. The Morgan fingerprint density at radius 1 is 1.08 bits per heavy atom. The molecule has 0 aliphatic carbocycles. The zero-order valence-corrected chi connectivity index (χ0v) is 23.6. The molecule has 0 amide bonds. The average Bonchev–Trinajstić information content (AvgIpc) is 2.87. The molecule has 9 nitrogen and oxygen atoms in total. The van der Waals surface area contributed by atoms with Gasteiger partial charge in [-0.15, -0.1) is 12.6 Å². The van der Waals surface area contributed by atoms with E-state index in [-0.39, 0.29) is 24.5 Å². The molecular formula is C29H34N2O7S. The van der Waals surface area contributed by atoms with Crippen molar-refractivity contribution in [1.29, 1.82) is 0 Å². The van der Waals surface area contributed by atoms with Gasteiger partial charge in [0.2, 0.25) is 0 Å². The molecule has 39 heavy (non-hydrogen) atoms. The maximum atomic E-state index is 13.8. The minimum absolute atomic E-state index is 0.0297. The SMILES string of the molecule is CCOC(=O)C(CC)C(C)(S)OC(=O)C1=C(C)NC(C)=C([N+](=O)[O-])C1c1ccccc1OCc1ccccc1. The molecule has 0 aromatic heterocycles. The Bertz CT molecular complexity index is 1290. The van der Waals surface area contributed by atoms with Gasteiger partial charge in [0.05, 0.1) is 22.8 Å². The maximum absolute atomic E-state index is 13.8. The number of benzene rings is 2. The molecular weight excluding hydrogens is 520 g/mol. The van der Waals surface area contributed by atoms with Gasteiger partial charge in [-0.05, 0) is 45.7 Å². The Morgan fingerprint density at radius 2 is 1.72 bits per heavy atom.